The Kier molecular flexibility index (Phi) is 4.46. The summed E-state index contributed by atoms with van der Waals surface area (Å²) in [5.41, 5.74) is 5.80. The third-order valence-corrected chi connectivity index (χ3v) is 3.57. The van der Waals surface area contributed by atoms with Gasteiger partial charge >= 0.3 is 0 Å². The summed E-state index contributed by atoms with van der Waals surface area (Å²) in [5.74, 6) is 0.302. The van der Waals surface area contributed by atoms with Gasteiger partial charge in [0.25, 0.3) is 5.91 Å². The topological polar surface area (TPSA) is 29.1 Å². The summed E-state index contributed by atoms with van der Waals surface area (Å²) in [6.07, 6.45) is 0. The lowest BCUT2D eigenvalue weighted by Gasteiger charge is -2.13. The molecule has 2 aromatic rings. The van der Waals surface area contributed by atoms with Crippen LogP contribution < -0.4 is 5.32 Å². The summed E-state index contributed by atoms with van der Waals surface area (Å²) >= 11 is 5.80. The van der Waals surface area contributed by atoms with Gasteiger partial charge in [0.05, 0.1) is 0 Å². The molecule has 0 aliphatic carbocycles. The van der Waals surface area contributed by atoms with Crippen LogP contribution in [0, 0.1) is 20.8 Å². The van der Waals surface area contributed by atoms with Gasteiger partial charge in [0, 0.05) is 17.1 Å². The van der Waals surface area contributed by atoms with E-state index in [1.165, 1.54) is 5.56 Å². The Labute approximate surface area is 124 Å². The van der Waals surface area contributed by atoms with E-state index in [-0.39, 0.29) is 5.91 Å². The van der Waals surface area contributed by atoms with Crippen molar-refractivity contribution in [2.75, 3.05) is 5.32 Å². The molecule has 0 aliphatic heterocycles. The molecular formula is C17H18ClNO. The van der Waals surface area contributed by atoms with Gasteiger partial charge in [-0.2, -0.15) is 0 Å². The number of amides is 1. The molecule has 1 amide bonds. The molecular weight excluding hydrogens is 270 g/mol. The van der Waals surface area contributed by atoms with Crippen molar-refractivity contribution in [3.63, 3.8) is 0 Å². The molecule has 104 valence electrons. The average molecular weight is 288 g/mol. The van der Waals surface area contributed by atoms with Gasteiger partial charge in [-0.15, -0.1) is 11.6 Å². The van der Waals surface area contributed by atoms with E-state index in [1.807, 2.05) is 32.0 Å². The highest BCUT2D eigenvalue weighted by Crippen LogP contribution is 2.22. The number of alkyl halides is 1. The van der Waals surface area contributed by atoms with Crippen molar-refractivity contribution >= 4 is 23.2 Å². The van der Waals surface area contributed by atoms with E-state index in [9.17, 15) is 4.79 Å². The van der Waals surface area contributed by atoms with Crippen LogP contribution in [-0.4, -0.2) is 5.91 Å². The first-order valence-corrected chi connectivity index (χ1v) is 7.09. The number of hydrogen-bond donors (Lipinski definition) is 1. The Morgan fingerprint density at radius 3 is 2.35 bits per heavy atom. The maximum absolute atomic E-state index is 12.3. The van der Waals surface area contributed by atoms with Gasteiger partial charge in [0.2, 0.25) is 0 Å². The Balaban J connectivity index is 2.28. The Hall–Kier alpha value is -1.80. The van der Waals surface area contributed by atoms with Crippen molar-refractivity contribution in [1.29, 1.82) is 0 Å². The van der Waals surface area contributed by atoms with E-state index in [2.05, 4.69) is 24.4 Å². The maximum atomic E-state index is 12.3. The van der Waals surface area contributed by atoms with Gasteiger partial charge in [0.15, 0.2) is 0 Å². The molecule has 0 bridgehead atoms. The Morgan fingerprint density at radius 2 is 1.75 bits per heavy atom. The lowest BCUT2D eigenvalue weighted by atomic mass is 10.0. The molecule has 0 heterocycles. The highest BCUT2D eigenvalue weighted by atomic mass is 35.5. The van der Waals surface area contributed by atoms with Crippen molar-refractivity contribution in [3.8, 4) is 0 Å². The van der Waals surface area contributed by atoms with Crippen LogP contribution in [0.3, 0.4) is 0 Å². The fraction of sp³-hybridized carbons (Fsp3) is 0.235. The normalized spacial score (nSPS) is 10.4. The van der Waals surface area contributed by atoms with E-state index in [0.29, 0.717) is 11.4 Å². The maximum Gasteiger partial charge on any atom is 0.255 e. The van der Waals surface area contributed by atoms with Crippen molar-refractivity contribution in [1.82, 2.24) is 0 Å². The standard InChI is InChI=1S/C17H18ClNO/c1-11-7-12(2)16(13(3)8-11)19-17(20)15-6-4-5-14(9-15)10-18/h4-9H,10H2,1-3H3,(H,19,20). The van der Waals surface area contributed by atoms with Gasteiger partial charge in [0.1, 0.15) is 0 Å². The molecule has 0 saturated carbocycles. The molecule has 0 spiro atoms. The highest BCUT2D eigenvalue weighted by Gasteiger charge is 2.10. The van der Waals surface area contributed by atoms with E-state index in [0.717, 1.165) is 22.4 Å². The molecule has 0 atom stereocenters. The lowest BCUT2D eigenvalue weighted by Crippen LogP contribution is -2.14. The SMILES string of the molecule is Cc1cc(C)c(NC(=O)c2cccc(CCl)c2)c(C)c1. The summed E-state index contributed by atoms with van der Waals surface area (Å²) in [6.45, 7) is 6.06. The van der Waals surface area contributed by atoms with E-state index >= 15 is 0 Å². The number of rotatable bonds is 3. The van der Waals surface area contributed by atoms with E-state index < -0.39 is 0 Å². The third kappa shape index (κ3) is 3.20. The molecule has 3 heteroatoms. The summed E-state index contributed by atoms with van der Waals surface area (Å²) in [6, 6.07) is 11.5. The number of nitrogens with one attached hydrogen (secondary N) is 1. The number of benzene rings is 2. The van der Waals surface area contributed by atoms with Gasteiger partial charge < -0.3 is 5.32 Å². The van der Waals surface area contributed by atoms with Crippen LogP contribution >= 0.6 is 11.6 Å². The van der Waals surface area contributed by atoms with Gasteiger partial charge in [-0.3, -0.25) is 4.79 Å². The monoisotopic (exact) mass is 287 g/mol. The number of hydrogen-bond acceptors (Lipinski definition) is 1. The summed E-state index contributed by atoms with van der Waals surface area (Å²) in [7, 11) is 0. The molecule has 20 heavy (non-hydrogen) atoms. The number of aryl methyl sites for hydroxylation is 3. The van der Waals surface area contributed by atoms with Gasteiger partial charge in [-0.25, -0.2) is 0 Å². The van der Waals surface area contributed by atoms with Crippen molar-refractivity contribution in [2.24, 2.45) is 0 Å². The second kappa shape index (κ2) is 6.10. The van der Waals surface area contributed by atoms with Crippen LogP contribution in [-0.2, 0) is 5.88 Å². The third-order valence-electron chi connectivity index (χ3n) is 3.26. The summed E-state index contributed by atoms with van der Waals surface area (Å²) < 4.78 is 0. The van der Waals surface area contributed by atoms with Crippen LogP contribution in [0.4, 0.5) is 5.69 Å². The molecule has 2 rings (SSSR count). The minimum absolute atomic E-state index is 0.105. The van der Waals surface area contributed by atoms with Gasteiger partial charge in [-0.1, -0.05) is 29.8 Å². The predicted octanol–water partition coefficient (Wildman–Crippen LogP) is 4.60. The molecule has 0 aromatic heterocycles. The molecule has 0 aliphatic rings. The Bertz CT molecular complexity index is 626. The first-order valence-electron chi connectivity index (χ1n) is 6.55. The summed E-state index contributed by atoms with van der Waals surface area (Å²) in [5, 5.41) is 2.99. The zero-order chi connectivity index (χ0) is 14.7. The smallest absolute Gasteiger partial charge is 0.255 e. The zero-order valence-corrected chi connectivity index (χ0v) is 12.7. The van der Waals surface area contributed by atoms with Crippen molar-refractivity contribution < 1.29 is 4.79 Å². The first kappa shape index (κ1) is 14.6. The van der Waals surface area contributed by atoms with Crippen LogP contribution in [0.5, 0.6) is 0 Å². The number of carbonyl (C=O) groups is 1. The summed E-state index contributed by atoms with van der Waals surface area (Å²) in [4.78, 5) is 12.3. The second-order valence-corrected chi connectivity index (χ2v) is 5.33. The van der Waals surface area contributed by atoms with E-state index in [1.54, 1.807) is 6.07 Å². The van der Waals surface area contributed by atoms with E-state index in [4.69, 9.17) is 11.6 Å². The second-order valence-electron chi connectivity index (χ2n) is 5.06. The minimum atomic E-state index is -0.105. The Morgan fingerprint density at radius 1 is 1.10 bits per heavy atom. The molecule has 1 N–H and O–H groups in total. The minimum Gasteiger partial charge on any atom is -0.322 e. The first-order chi connectivity index (χ1) is 9.51. The predicted molar refractivity (Wildman–Crippen MR) is 84.6 cm³/mol. The number of carbonyl (C=O) groups excluding carboxylic acids is 1. The van der Waals surface area contributed by atoms with Gasteiger partial charge in [-0.05, 0) is 49.6 Å². The molecule has 2 aromatic carbocycles. The van der Waals surface area contributed by atoms with Crippen LogP contribution in [0.1, 0.15) is 32.6 Å². The molecule has 2 nitrogen and oxygen atoms in total. The van der Waals surface area contributed by atoms with Crippen LogP contribution in [0.15, 0.2) is 36.4 Å². The van der Waals surface area contributed by atoms with Crippen LogP contribution in [0.2, 0.25) is 0 Å². The molecule has 0 unspecified atom stereocenters. The molecule has 0 radical (unpaired) electrons. The lowest BCUT2D eigenvalue weighted by molar-refractivity contribution is 0.102. The largest absolute Gasteiger partial charge is 0.322 e. The molecule has 0 fully saturated rings. The van der Waals surface area contributed by atoms with Crippen molar-refractivity contribution in [3.05, 3.63) is 64.2 Å². The highest BCUT2D eigenvalue weighted by molar-refractivity contribution is 6.17. The average Bonchev–Trinajstić information content (AvgIpc) is 2.42. The zero-order valence-electron chi connectivity index (χ0n) is 12.0. The number of anilines is 1. The number of halogens is 1. The molecule has 0 saturated heterocycles. The van der Waals surface area contributed by atoms with Crippen molar-refractivity contribution in [2.45, 2.75) is 26.7 Å². The fourth-order valence-corrected chi connectivity index (χ4v) is 2.52. The quantitative estimate of drug-likeness (QED) is 0.821. The fourth-order valence-electron chi connectivity index (χ4n) is 2.36. The van der Waals surface area contributed by atoms with Crippen LogP contribution in [0.25, 0.3) is 0 Å².